The molecule has 0 fully saturated rings. The molecule has 2 N–H and O–H groups in total. The smallest absolute Gasteiger partial charge is 0.307 e. The van der Waals surface area contributed by atoms with Gasteiger partial charge in [-0.05, 0) is 19.4 Å². The first-order valence-corrected chi connectivity index (χ1v) is 5.09. The Hall–Kier alpha value is -1.35. The van der Waals surface area contributed by atoms with E-state index in [1.54, 1.807) is 0 Å². The minimum absolute atomic E-state index is 0.204. The van der Waals surface area contributed by atoms with Gasteiger partial charge in [0.25, 0.3) is 0 Å². The van der Waals surface area contributed by atoms with Crippen LogP contribution >= 0.6 is 0 Å². The number of carbonyl (C=O) groups is 1. The molecule has 3 nitrogen and oxygen atoms in total. The van der Waals surface area contributed by atoms with Gasteiger partial charge in [-0.1, -0.05) is 29.8 Å². The molecule has 0 aromatic heterocycles. The van der Waals surface area contributed by atoms with Crippen molar-refractivity contribution in [2.24, 2.45) is 5.73 Å². The second-order valence-electron chi connectivity index (χ2n) is 3.58. The maximum Gasteiger partial charge on any atom is 0.307 e. The summed E-state index contributed by atoms with van der Waals surface area (Å²) < 4.78 is 5.20. The highest BCUT2D eigenvalue weighted by atomic mass is 16.5. The lowest BCUT2D eigenvalue weighted by Crippen LogP contribution is -2.13. The van der Waals surface area contributed by atoms with E-state index in [1.807, 2.05) is 38.1 Å². The van der Waals surface area contributed by atoms with Gasteiger partial charge in [-0.3, -0.25) is 4.79 Å². The van der Waals surface area contributed by atoms with Crippen LogP contribution in [0, 0.1) is 6.92 Å². The van der Waals surface area contributed by atoms with E-state index in [2.05, 4.69) is 0 Å². The summed E-state index contributed by atoms with van der Waals surface area (Å²) in [7, 11) is 0. The van der Waals surface area contributed by atoms with E-state index in [1.165, 1.54) is 5.56 Å². The number of nitrogens with two attached hydrogens (primary N) is 1. The van der Waals surface area contributed by atoms with Crippen molar-refractivity contribution >= 4 is 5.97 Å². The molecule has 0 aliphatic rings. The second-order valence-corrected chi connectivity index (χ2v) is 3.58. The van der Waals surface area contributed by atoms with Crippen LogP contribution in [-0.4, -0.2) is 12.5 Å². The average molecular weight is 207 g/mol. The van der Waals surface area contributed by atoms with E-state index >= 15 is 0 Å². The van der Waals surface area contributed by atoms with Crippen molar-refractivity contribution < 1.29 is 9.53 Å². The van der Waals surface area contributed by atoms with Gasteiger partial charge in [0, 0.05) is 6.54 Å². The van der Waals surface area contributed by atoms with E-state index < -0.39 is 0 Å². The van der Waals surface area contributed by atoms with Crippen LogP contribution in [0.25, 0.3) is 0 Å². The second kappa shape index (κ2) is 5.51. The first-order valence-electron chi connectivity index (χ1n) is 5.09. The molecular formula is C12H17NO2. The van der Waals surface area contributed by atoms with Gasteiger partial charge in [0.05, 0.1) is 6.42 Å². The molecule has 0 bridgehead atoms. The zero-order valence-electron chi connectivity index (χ0n) is 9.19. The molecule has 0 amide bonds. The Labute approximate surface area is 90.2 Å². The summed E-state index contributed by atoms with van der Waals surface area (Å²) in [5, 5.41) is 0. The fourth-order valence-corrected chi connectivity index (χ4v) is 1.28. The molecule has 0 saturated heterocycles. The fourth-order valence-electron chi connectivity index (χ4n) is 1.28. The predicted octanol–water partition coefficient (Wildman–Crippen LogP) is 1.95. The summed E-state index contributed by atoms with van der Waals surface area (Å²) in [5.74, 6) is -0.245. The molecule has 0 spiro atoms. The molecule has 1 unspecified atom stereocenters. The Kier molecular flexibility index (Phi) is 4.31. The van der Waals surface area contributed by atoms with E-state index in [-0.39, 0.29) is 18.5 Å². The van der Waals surface area contributed by atoms with E-state index in [0.29, 0.717) is 6.54 Å². The molecular weight excluding hydrogens is 190 g/mol. The van der Waals surface area contributed by atoms with Gasteiger partial charge < -0.3 is 10.5 Å². The number of rotatable bonds is 4. The third-order valence-electron chi connectivity index (χ3n) is 2.20. The molecule has 1 atom stereocenters. The third-order valence-corrected chi connectivity index (χ3v) is 2.20. The van der Waals surface area contributed by atoms with Gasteiger partial charge in [0.1, 0.15) is 6.10 Å². The molecule has 1 rings (SSSR count). The largest absolute Gasteiger partial charge is 0.458 e. The first-order chi connectivity index (χ1) is 7.13. The Morgan fingerprint density at radius 1 is 1.40 bits per heavy atom. The number of hydrogen-bond donors (Lipinski definition) is 1. The van der Waals surface area contributed by atoms with Crippen molar-refractivity contribution in [3.8, 4) is 0 Å². The van der Waals surface area contributed by atoms with Crippen LogP contribution in [0.15, 0.2) is 24.3 Å². The molecule has 0 aliphatic carbocycles. The van der Waals surface area contributed by atoms with Crippen molar-refractivity contribution in [3.63, 3.8) is 0 Å². The highest BCUT2D eigenvalue weighted by molar-refractivity contribution is 5.69. The lowest BCUT2D eigenvalue weighted by atomic mass is 10.1. The van der Waals surface area contributed by atoms with Gasteiger partial charge in [0.15, 0.2) is 0 Å². The number of esters is 1. The fraction of sp³-hybridized carbons (Fsp3) is 0.417. The number of carbonyl (C=O) groups excluding carboxylic acids is 1. The van der Waals surface area contributed by atoms with Gasteiger partial charge in [-0.2, -0.15) is 0 Å². The van der Waals surface area contributed by atoms with Crippen molar-refractivity contribution in [2.75, 3.05) is 6.54 Å². The molecule has 0 radical (unpaired) electrons. The molecule has 0 saturated carbocycles. The minimum atomic E-state index is -0.245. The topological polar surface area (TPSA) is 52.3 Å². The van der Waals surface area contributed by atoms with Crippen molar-refractivity contribution in [1.29, 1.82) is 0 Å². The summed E-state index contributed by atoms with van der Waals surface area (Å²) in [4.78, 5) is 11.2. The van der Waals surface area contributed by atoms with Crippen LogP contribution in [0.2, 0.25) is 0 Å². The Morgan fingerprint density at radius 2 is 2.00 bits per heavy atom. The van der Waals surface area contributed by atoms with E-state index in [9.17, 15) is 4.79 Å². The van der Waals surface area contributed by atoms with Crippen LogP contribution < -0.4 is 5.73 Å². The zero-order valence-corrected chi connectivity index (χ0v) is 9.19. The van der Waals surface area contributed by atoms with Crippen LogP contribution in [0.4, 0.5) is 0 Å². The molecule has 82 valence electrons. The van der Waals surface area contributed by atoms with Crippen LogP contribution in [0.1, 0.15) is 30.6 Å². The van der Waals surface area contributed by atoms with Crippen molar-refractivity contribution in [1.82, 2.24) is 0 Å². The minimum Gasteiger partial charge on any atom is -0.458 e. The average Bonchev–Trinajstić information content (AvgIpc) is 2.18. The van der Waals surface area contributed by atoms with Crippen LogP contribution in [0.3, 0.4) is 0 Å². The maximum atomic E-state index is 11.2. The maximum absolute atomic E-state index is 11.2. The molecule has 1 aromatic carbocycles. The summed E-state index contributed by atoms with van der Waals surface area (Å²) in [6.07, 6.45) is 0.0700. The zero-order chi connectivity index (χ0) is 11.3. The summed E-state index contributed by atoms with van der Waals surface area (Å²) in [6, 6.07) is 7.94. The molecule has 15 heavy (non-hydrogen) atoms. The SMILES string of the molecule is Cc1ccc(C(C)OC(=O)CCN)cc1. The van der Waals surface area contributed by atoms with Gasteiger partial charge in [-0.25, -0.2) is 0 Å². The Bertz CT molecular complexity index is 319. The van der Waals surface area contributed by atoms with Gasteiger partial charge >= 0.3 is 5.97 Å². The lowest BCUT2D eigenvalue weighted by molar-refractivity contribution is -0.148. The molecule has 0 aliphatic heterocycles. The highest BCUT2D eigenvalue weighted by Gasteiger charge is 2.10. The quantitative estimate of drug-likeness (QED) is 0.768. The number of aryl methyl sites for hydroxylation is 1. The summed E-state index contributed by atoms with van der Waals surface area (Å²) in [6.45, 7) is 4.22. The molecule has 3 heteroatoms. The predicted molar refractivity (Wildman–Crippen MR) is 59.4 cm³/mol. The number of ether oxygens (including phenoxy) is 1. The van der Waals surface area contributed by atoms with Crippen LogP contribution in [0.5, 0.6) is 0 Å². The number of hydrogen-bond acceptors (Lipinski definition) is 3. The summed E-state index contributed by atoms with van der Waals surface area (Å²) >= 11 is 0. The first kappa shape index (κ1) is 11.7. The highest BCUT2D eigenvalue weighted by Crippen LogP contribution is 2.17. The monoisotopic (exact) mass is 207 g/mol. The van der Waals surface area contributed by atoms with Gasteiger partial charge in [-0.15, -0.1) is 0 Å². The van der Waals surface area contributed by atoms with Crippen molar-refractivity contribution in [2.45, 2.75) is 26.4 Å². The van der Waals surface area contributed by atoms with E-state index in [0.717, 1.165) is 5.56 Å². The lowest BCUT2D eigenvalue weighted by Gasteiger charge is -2.13. The van der Waals surface area contributed by atoms with Gasteiger partial charge in [0.2, 0.25) is 0 Å². The normalized spacial score (nSPS) is 12.2. The van der Waals surface area contributed by atoms with Crippen LogP contribution in [-0.2, 0) is 9.53 Å². The Morgan fingerprint density at radius 3 is 2.53 bits per heavy atom. The van der Waals surface area contributed by atoms with Crippen molar-refractivity contribution in [3.05, 3.63) is 35.4 Å². The summed E-state index contributed by atoms with van der Waals surface area (Å²) in [5.41, 5.74) is 7.46. The van der Waals surface area contributed by atoms with E-state index in [4.69, 9.17) is 10.5 Å². The Balaban J connectivity index is 2.57. The molecule has 0 heterocycles. The molecule has 1 aromatic rings. The third kappa shape index (κ3) is 3.72. The number of benzene rings is 1. The standard InChI is InChI=1S/C12H17NO2/c1-9-3-5-11(6-4-9)10(2)15-12(14)7-8-13/h3-6,10H,7-8,13H2,1-2H3.